The average Bonchev–Trinajstić information content (AvgIpc) is 2.59. The molecular weight excluding hydrogens is 324 g/mol. The summed E-state index contributed by atoms with van der Waals surface area (Å²) in [6.45, 7) is 8.02. The smallest absolute Gasteiger partial charge is 0.243 e. The van der Waals surface area contributed by atoms with Crippen molar-refractivity contribution in [3.63, 3.8) is 0 Å². The third-order valence-corrected chi connectivity index (χ3v) is 4.61. The maximum absolute atomic E-state index is 12.8. The fourth-order valence-corrected chi connectivity index (χ4v) is 3.35. The van der Waals surface area contributed by atoms with Crippen LogP contribution in [-0.4, -0.2) is 30.3 Å². The lowest BCUT2D eigenvalue weighted by molar-refractivity contribution is -0.134. The molecule has 0 aromatic heterocycles. The molecule has 138 valence electrons. The Morgan fingerprint density at radius 1 is 1.04 bits per heavy atom. The summed E-state index contributed by atoms with van der Waals surface area (Å²) in [4.78, 5) is 26.8. The van der Waals surface area contributed by atoms with Crippen molar-refractivity contribution in [2.75, 3.05) is 18.9 Å². The molecule has 2 amide bonds. The molecule has 0 spiro atoms. The second kappa shape index (κ2) is 8.65. The topological polar surface area (TPSA) is 49.4 Å². The van der Waals surface area contributed by atoms with Gasteiger partial charge < -0.3 is 10.2 Å². The molecule has 0 bridgehead atoms. The summed E-state index contributed by atoms with van der Waals surface area (Å²) >= 11 is 0. The first-order valence-corrected chi connectivity index (χ1v) is 9.01. The van der Waals surface area contributed by atoms with Crippen LogP contribution in [0.25, 0.3) is 0 Å². The maximum atomic E-state index is 12.8. The van der Waals surface area contributed by atoms with Crippen molar-refractivity contribution in [2.45, 2.75) is 40.0 Å². The van der Waals surface area contributed by atoms with Crippen LogP contribution in [-0.2, 0) is 9.59 Å². The monoisotopic (exact) mass is 352 g/mol. The molecule has 4 heteroatoms. The van der Waals surface area contributed by atoms with Gasteiger partial charge in [0.2, 0.25) is 11.8 Å². The number of likely N-dealkylation sites (N-methyl/N-ethyl adjacent to an activating group) is 1. The lowest BCUT2D eigenvalue weighted by Crippen LogP contribution is -2.38. The third kappa shape index (κ3) is 4.72. The molecule has 0 heterocycles. The Morgan fingerprint density at radius 3 is 2.15 bits per heavy atom. The zero-order valence-corrected chi connectivity index (χ0v) is 16.3. The Balaban J connectivity index is 2.05. The van der Waals surface area contributed by atoms with Crippen molar-refractivity contribution in [1.29, 1.82) is 0 Å². The summed E-state index contributed by atoms with van der Waals surface area (Å²) in [6.07, 6.45) is 0.699. The minimum absolute atomic E-state index is 0.0359. The van der Waals surface area contributed by atoms with Gasteiger partial charge in [-0.15, -0.1) is 0 Å². The first kappa shape index (κ1) is 19.7. The minimum atomic E-state index is -0.225. The first-order chi connectivity index (χ1) is 12.3. The van der Waals surface area contributed by atoms with Gasteiger partial charge in [0.25, 0.3) is 0 Å². The average molecular weight is 352 g/mol. The highest BCUT2D eigenvalue weighted by Crippen LogP contribution is 2.23. The van der Waals surface area contributed by atoms with E-state index >= 15 is 0 Å². The van der Waals surface area contributed by atoms with Crippen LogP contribution in [0.5, 0.6) is 0 Å². The molecule has 0 aliphatic heterocycles. The van der Waals surface area contributed by atoms with Crippen LogP contribution in [0.2, 0.25) is 0 Å². The van der Waals surface area contributed by atoms with Crippen molar-refractivity contribution < 1.29 is 9.59 Å². The number of benzene rings is 2. The highest BCUT2D eigenvalue weighted by atomic mass is 16.2. The van der Waals surface area contributed by atoms with Gasteiger partial charge in [-0.2, -0.15) is 0 Å². The number of rotatable bonds is 6. The predicted octanol–water partition coefficient (Wildman–Crippen LogP) is 4.20. The summed E-state index contributed by atoms with van der Waals surface area (Å²) in [5.74, 6) is -0.443. The van der Waals surface area contributed by atoms with Crippen LogP contribution >= 0.6 is 0 Å². The molecule has 2 rings (SSSR count). The van der Waals surface area contributed by atoms with E-state index in [0.717, 1.165) is 22.4 Å². The van der Waals surface area contributed by atoms with Crippen LogP contribution in [0.1, 0.15) is 41.5 Å². The van der Waals surface area contributed by atoms with Gasteiger partial charge in [0.15, 0.2) is 0 Å². The molecule has 4 nitrogen and oxygen atoms in total. The van der Waals surface area contributed by atoms with E-state index in [-0.39, 0.29) is 24.3 Å². The largest absolute Gasteiger partial charge is 0.336 e. The van der Waals surface area contributed by atoms with Gasteiger partial charge in [-0.25, -0.2) is 0 Å². The Kier molecular flexibility index (Phi) is 6.56. The van der Waals surface area contributed by atoms with Crippen molar-refractivity contribution in [2.24, 2.45) is 0 Å². The fourth-order valence-electron chi connectivity index (χ4n) is 3.35. The van der Waals surface area contributed by atoms with Crippen LogP contribution in [0.4, 0.5) is 5.69 Å². The molecule has 0 saturated carbocycles. The number of aryl methyl sites for hydroxylation is 3. The predicted molar refractivity (Wildman–Crippen MR) is 106 cm³/mol. The molecule has 2 aromatic rings. The Morgan fingerprint density at radius 2 is 1.62 bits per heavy atom. The van der Waals surface area contributed by atoms with Crippen molar-refractivity contribution >= 4 is 17.5 Å². The number of anilines is 1. The molecule has 1 unspecified atom stereocenters. The van der Waals surface area contributed by atoms with Gasteiger partial charge in [0.05, 0.1) is 12.5 Å². The standard InChI is InChI=1S/C22H28N2O2/c1-6-19(18-10-8-7-9-11-18)22(26)24(5)14-20(25)23-21-16(3)12-15(2)13-17(21)4/h7-13,19H,6,14H2,1-5H3,(H,23,25). The molecule has 0 fully saturated rings. The molecule has 0 aliphatic rings. The zero-order valence-electron chi connectivity index (χ0n) is 16.3. The van der Waals surface area contributed by atoms with Gasteiger partial charge >= 0.3 is 0 Å². The molecule has 0 aliphatic carbocycles. The van der Waals surface area contributed by atoms with E-state index < -0.39 is 0 Å². The Hall–Kier alpha value is -2.62. The SMILES string of the molecule is CCC(C(=O)N(C)CC(=O)Nc1c(C)cc(C)cc1C)c1ccccc1. The van der Waals surface area contributed by atoms with Gasteiger partial charge in [-0.3, -0.25) is 9.59 Å². The van der Waals surface area contributed by atoms with E-state index in [1.807, 2.05) is 70.2 Å². The first-order valence-electron chi connectivity index (χ1n) is 9.01. The Bertz CT molecular complexity index is 761. The lowest BCUT2D eigenvalue weighted by Gasteiger charge is -2.23. The summed E-state index contributed by atoms with van der Waals surface area (Å²) in [6, 6.07) is 13.8. The van der Waals surface area contributed by atoms with Crippen molar-refractivity contribution in [1.82, 2.24) is 4.90 Å². The minimum Gasteiger partial charge on any atom is -0.336 e. The van der Waals surface area contributed by atoms with E-state index in [4.69, 9.17) is 0 Å². The summed E-state index contributed by atoms with van der Waals surface area (Å²) < 4.78 is 0. The number of hydrogen-bond donors (Lipinski definition) is 1. The van der Waals surface area contributed by atoms with E-state index in [1.165, 1.54) is 10.5 Å². The van der Waals surface area contributed by atoms with Crippen LogP contribution in [0, 0.1) is 20.8 Å². The normalized spacial score (nSPS) is 11.7. The van der Waals surface area contributed by atoms with E-state index in [1.54, 1.807) is 7.05 Å². The molecule has 1 atom stereocenters. The van der Waals surface area contributed by atoms with Crippen LogP contribution in [0.3, 0.4) is 0 Å². The summed E-state index contributed by atoms with van der Waals surface area (Å²) in [7, 11) is 1.68. The lowest BCUT2D eigenvalue weighted by atomic mass is 9.95. The van der Waals surface area contributed by atoms with Crippen LogP contribution < -0.4 is 5.32 Å². The number of carbonyl (C=O) groups is 2. The van der Waals surface area contributed by atoms with Crippen LogP contribution in [0.15, 0.2) is 42.5 Å². The Labute approximate surface area is 156 Å². The highest BCUT2D eigenvalue weighted by molar-refractivity contribution is 5.96. The second-order valence-electron chi connectivity index (χ2n) is 6.89. The zero-order chi connectivity index (χ0) is 19.3. The van der Waals surface area contributed by atoms with E-state index in [9.17, 15) is 9.59 Å². The van der Waals surface area contributed by atoms with Gasteiger partial charge in [0, 0.05) is 12.7 Å². The number of nitrogens with zero attached hydrogens (tertiary/aromatic N) is 1. The van der Waals surface area contributed by atoms with Gasteiger partial charge in [-0.05, 0) is 43.9 Å². The second-order valence-corrected chi connectivity index (χ2v) is 6.89. The quantitative estimate of drug-likeness (QED) is 0.847. The number of amides is 2. The van der Waals surface area contributed by atoms with Crippen molar-refractivity contribution in [3.05, 3.63) is 64.7 Å². The highest BCUT2D eigenvalue weighted by Gasteiger charge is 2.23. The van der Waals surface area contributed by atoms with Crippen molar-refractivity contribution in [3.8, 4) is 0 Å². The van der Waals surface area contributed by atoms with E-state index in [2.05, 4.69) is 5.32 Å². The van der Waals surface area contributed by atoms with Gasteiger partial charge in [-0.1, -0.05) is 55.0 Å². The van der Waals surface area contributed by atoms with Gasteiger partial charge in [0.1, 0.15) is 0 Å². The van der Waals surface area contributed by atoms with E-state index in [0.29, 0.717) is 6.42 Å². The fraction of sp³-hybridized carbons (Fsp3) is 0.364. The molecular formula is C22H28N2O2. The summed E-state index contributed by atoms with van der Waals surface area (Å²) in [5, 5.41) is 2.96. The summed E-state index contributed by atoms with van der Waals surface area (Å²) in [5.41, 5.74) is 5.04. The molecule has 26 heavy (non-hydrogen) atoms. The molecule has 0 radical (unpaired) electrons. The number of hydrogen-bond acceptors (Lipinski definition) is 2. The number of nitrogens with one attached hydrogen (secondary N) is 1. The third-order valence-electron chi connectivity index (χ3n) is 4.61. The number of carbonyl (C=O) groups excluding carboxylic acids is 2. The molecule has 2 aromatic carbocycles. The molecule has 1 N–H and O–H groups in total. The maximum Gasteiger partial charge on any atom is 0.243 e. The molecule has 0 saturated heterocycles.